The zero-order valence-corrected chi connectivity index (χ0v) is 25.7. The molecule has 4 aromatic carbocycles. The van der Waals surface area contributed by atoms with E-state index in [0.29, 0.717) is 35.9 Å². The van der Waals surface area contributed by atoms with Gasteiger partial charge in [0, 0.05) is 30.1 Å². The zero-order valence-electron chi connectivity index (χ0n) is 24.8. The summed E-state index contributed by atoms with van der Waals surface area (Å²) in [6.45, 7) is 4.19. The van der Waals surface area contributed by atoms with E-state index < -0.39 is 22.3 Å². The summed E-state index contributed by atoms with van der Waals surface area (Å²) in [6, 6.07) is 32.8. The van der Waals surface area contributed by atoms with E-state index in [0.717, 1.165) is 38.8 Å². The van der Waals surface area contributed by atoms with Crippen molar-refractivity contribution in [3.63, 3.8) is 0 Å². The van der Waals surface area contributed by atoms with Gasteiger partial charge in [-0.3, -0.25) is 9.52 Å². The van der Waals surface area contributed by atoms with E-state index in [2.05, 4.69) is 14.3 Å². The number of fused-ring (bicyclic) bond motifs is 2. The van der Waals surface area contributed by atoms with Gasteiger partial charge < -0.3 is 14.4 Å². The highest BCUT2D eigenvalue weighted by Gasteiger charge is 2.30. The smallest absolute Gasteiger partial charge is 0.309 e. The molecule has 2 N–H and O–H groups in total. The largest absolute Gasteiger partial charge is 0.487 e. The molecular formula is C35H32N4O5S. The minimum Gasteiger partial charge on any atom is -0.487 e. The third kappa shape index (κ3) is 6.81. The van der Waals surface area contributed by atoms with Crippen molar-refractivity contribution >= 4 is 44.5 Å². The molecular weight excluding hydrogens is 588 g/mol. The number of aromatic nitrogens is 3. The summed E-state index contributed by atoms with van der Waals surface area (Å²) in [6.07, 6.45) is 0.244. The summed E-state index contributed by atoms with van der Waals surface area (Å²) >= 11 is 0. The number of pyridine rings is 1. The van der Waals surface area contributed by atoms with Crippen molar-refractivity contribution in [3.8, 4) is 16.9 Å². The van der Waals surface area contributed by atoms with Crippen LogP contribution in [0.15, 0.2) is 103 Å². The van der Waals surface area contributed by atoms with Crippen LogP contribution in [-0.2, 0) is 35.3 Å². The number of carbonyl (C=O) groups is 1. The summed E-state index contributed by atoms with van der Waals surface area (Å²) in [5.74, 6) is 0.421. The first-order chi connectivity index (χ1) is 21.6. The van der Waals surface area contributed by atoms with E-state index in [1.54, 1.807) is 32.0 Å². The number of thiol groups is 1. The Hall–Kier alpha value is -5.22. The quantitative estimate of drug-likeness (QED) is 0.142. The molecule has 0 aliphatic rings. The first-order valence-electron chi connectivity index (χ1n) is 14.5. The highest BCUT2D eigenvalue weighted by Crippen LogP contribution is 2.29. The molecule has 9 nitrogen and oxygen atoms in total. The molecule has 2 heterocycles. The number of hydrogen-bond donors (Lipinski definition) is 3. The van der Waals surface area contributed by atoms with Crippen molar-refractivity contribution in [2.45, 2.75) is 33.4 Å². The molecule has 0 saturated heterocycles. The average molecular weight is 621 g/mol. The SMILES string of the molecule is CC(C)(Cc1nc2cc(OCc3ccc4ccccc4n3)ccc2n1Cc1ccc(-c2cccc(N[SH](=O)=O)c2)cc1)C(=O)O. The standard InChI is InChI=1S/C35H32N4O5S/c1-35(2,34(40)41)20-33-37-31-19-29(44-22-28-15-14-25-6-3-4-9-30(25)36-28)16-17-32(31)39(33)21-23-10-12-24(13-11-23)26-7-5-8-27(18-26)38-45(42)43/h3-19,45H,20-22H2,1-2H3,(H,40,41)(H,38,42,43). The second-order valence-electron chi connectivity index (χ2n) is 11.6. The maximum Gasteiger partial charge on any atom is 0.309 e. The number of anilines is 1. The maximum atomic E-state index is 12.0. The summed E-state index contributed by atoms with van der Waals surface area (Å²) in [5.41, 5.74) is 5.63. The van der Waals surface area contributed by atoms with E-state index in [1.807, 2.05) is 84.9 Å². The van der Waals surface area contributed by atoms with Gasteiger partial charge in [-0.1, -0.05) is 60.7 Å². The normalized spacial score (nSPS) is 11.7. The number of para-hydroxylation sites is 1. The molecule has 0 spiro atoms. The van der Waals surface area contributed by atoms with Gasteiger partial charge >= 0.3 is 5.97 Å². The van der Waals surface area contributed by atoms with Crippen LogP contribution in [0.25, 0.3) is 33.1 Å². The highest BCUT2D eigenvalue weighted by molar-refractivity contribution is 7.73. The highest BCUT2D eigenvalue weighted by atomic mass is 32.2. The molecule has 2 aromatic heterocycles. The third-order valence-corrected chi connectivity index (χ3v) is 8.17. The summed E-state index contributed by atoms with van der Waals surface area (Å²) in [4.78, 5) is 21.6. The Morgan fingerprint density at radius 1 is 0.867 bits per heavy atom. The molecule has 0 saturated carbocycles. The minimum atomic E-state index is -2.75. The number of carboxylic acid groups (broad SMARTS) is 1. The fraction of sp³-hybridized carbons (Fsp3) is 0.171. The Morgan fingerprint density at radius 3 is 2.44 bits per heavy atom. The first-order valence-corrected chi connectivity index (χ1v) is 15.6. The Kier molecular flexibility index (Phi) is 8.23. The Bertz CT molecular complexity index is 2090. The number of hydrogen-bond acceptors (Lipinski definition) is 6. The third-order valence-electron chi connectivity index (χ3n) is 7.73. The van der Waals surface area contributed by atoms with Crippen LogP contribution in [0.1, 0.15) is 30.9 Å². The molecule has 0 aliphatic carbocycles. The molecule has 0 unspecified atom stereocenters. The molecule has 228 valence electrons. The number of ether oxygens (including phenoxy) is 1. The molecule has 6 rings (SSSR count). The van der Waals surface area contributed by atoms with Gasteiger partial charge in [-0.2, -0.15) is 0 Å². The summed E-state index contributed by atoms with van der Waals surface area (Å²) < 4.78 is 32.7. The van der Waals surface area contributed by atoms with Crippen molar-refractivity contribution in [2.75, 3.05) is 4.72 Å². The lowest BCUT2D eigenvalue weighted by Crippen LogP contribution is -2.27. The van der Waals surface area contributed by atoms with Crippen LogP contribution in [0.4, 0.5) is 5.69 Å². The molecule has 0 amide bonds. The second-order valence-corrected chi connectivity index (χ2v) is 12.3. The van der Waals surface area contributed by atoms with Crippen LogP contribution < -0.4 is 9.46 Å². The lowest BCUT2D eigenvalue weighted by molar-refractivity contribution is -0.146. The average Bonchev–Trinajstić information content (AvgIpc) is 3.35. The molecule has 45 heavy (non-hydrogen) atoms. The first kappa shape index (κ1) is 29.8. The van der Waals surface area contributed by atoms with E-state index in [-0.39, 0.29) is 6.42 Å². The van der Waals surface area contributed by atoms with Crippen LogP contribution in [0.2, 0.25) is 0 Å². The van der Waals surface area contributed by atoms with Crippen molar-refractivity contribution in [1.82, 2.24) is 14.5 Å². The molecule has 0 aliphatic heterocycles. The predicted molar refractivity (Wildman–Crippen MR) is 176 cm³/mol. The number of nitrogens with zero attached hydrogens (tertiary/aromatic N) is 3. The van der Waals surface area contributed by atoms with Gasteiger partial charge in [-0.15, -0.1) is 0 Å². The number of nitrogens with one attached hydrogen (secondary N) is 1. The van der Waals surface area contributed by atoms with E-state index in [4.69, 9.17) is 9.72 Å². The number of rotatable bonds is 11. The fourth-order valence-corrected chi connectivity index (χ4v) is 5.59. The number of carboxylic acids is 1. The second kappa shape index (κ2) is 12.4. The van der Waals surface area contributed by atoms with Crippen molar-refractivity contribution in [1.29, 1.82) is 0 Å². The van der Waals surface area contributed by atoms with Crippen LogP contribution in [0.3, 0.4) is 0 Å². The van der Waals surface area contributed by atoms with Gasteiger partial charge in [0.05, 0.1) is 27.7 Å². The Labute approximate surface area is 262 Å². The van der Waals surface area contributed by atoms with E-state index in [9.17, 15) is 18.3 Å². The predicted octanol–water partition coefficient (Wildman–Crippen LogP) is 6.47. The Morgan fingerprint density at radius 2 is 1.67 bits per heavy atom. The van der Waals surface area contributed by atoms with Crippen LogP contribution in [0.5, 0.6) is 5.75 Å². The number of aliphatic carboxylic acids is 1. The fourth-order valence-electron chi connectivity index (χ4n) is 5.24. The Balaban J connectivity index is 1.27. The zero-order chi connectivity index (χ0) is 31.6. The van der Waals surface area contributed by atoms with Crippen LogP contribution >= 0.6 is 0 Å². The topological polar surface area (TPSA) is 123 Å². The summed E-state index contributed by atoms with van der Waals surface area (Å²) in [7, 11) is -2.75. The molecule has 10 heteroatoms. The molecule has 6 aromatic rings. The van der Waals surface area contributed by atoms with Gasteiger partial charge in [0.1, 0.15) is 18.2 Å². The van der Waals surface area contributed by atoms with Gasteiger partial charge in [0.2, 0.25) is 10.9 Å². The lowest BCUT2D eigenvalue weighted by Gasteiger charge is -2.19. The number of imidazole rings is 1. The van der Waals surface area contributed by atoms with Gasteiger partial charge in [-0.05, 0) is 66.9 Å². The van der Waals surface area contributed by atoms with Gasteiger partial charge in [0.25, 0.3) is 0 Å². The lowest BCUT2D eigenvalue weighted by atomic mass is 9.89. The molecule has 0 atom stereocenters. The van der Waals surface area contributed by atoms with Crippen LogP contribution in [0, 0.1) is 5.41 Å². The molecule has 0 fully saturated rings. The molecule has 0 radical (unpaired) electrons. The van der Waals surface area contributed by atoms with Gasteiger partial charge in [0.15, 0.2) is 0 Å². The van der Waals surface area contributed by atoms with E-state index in [1.165, 1.54) is 0 Å². The number of benzene rings is 4. The molecule has 0 bridgehead atoms. The van der Waals surface area contributed by atoms with Crippen molar-refractivity contribution in [3.05, 3.63) is 120 Å². The van der Waals surface area contributed by atoms with Crippen LogP contribution in [-0.4, -0.2) is 34.0 Å². The minimum absolute atomic E-state index is 0.244. The maximum absolute atomic E-state index is 12.0. The van der Waals surface area contributed by atoms with Crippen molar-refractivity contribution in [2.24, 2.45) is 5.41 Å². The summed E-state index contributed by atoms with van der Waals surface area (Å²) in [5, 5.41) is 10.9. The van der Waals surface area contributed by atoms with Crippen molar-refractivity contribution < 1.29 is 23.1 Å². The van der Waals surface area contributed by atoms with E-state index >= 15 is 0 Å². The monoisotopic (exact) mass is 620 g/mol. The van der Waals surface area contributed by atoms with Gasteiger partial charge in [-0.25, -0.2) is 18.4 Å².